The summed E-state index contributed by atoms with van der Waals surface area (Å²) in [6, 6.07) is 13.1. The highest BCUT2D eigenvalue weighted by molar-refractivity contribution is 7.99. The maximum absolute atomic E-state index is 12.9. The number of aromatic amines is 1. The number of anilines is 1. The number of rotatable bonds is 7. The lowest BCUT2D eigenvalue weighted by atomic mass is 10.2. The number of hydrogen-bond acceptors (Lipinski definition) is 6. The van der Waals surface area contributed by atoms with E-state index in [1.165, 1.54) is 36.2 Å². The molecule has 10 heteroatoms. The molecule has 0 saturated carbocycles. The summed E-state index contributed by atoms with van der Waals surface area (Å²) < 4.78 is 18.6. The van der Waals surface area contributed by atoms with E-state index in [1.807, 2.05) is 24.3 Å². The van der Waals surface area contributed by atoms with Crippen molar-refractivity contribution in [3.63, 3.8) is 0 Å². The van der Waals surface area contributed by atoms with Crippen LogP contribution in [0.25, 0.3) is 22.4 Å². The molecule has 0 aliphatic heterocycles. The third-order valence-corrected chi connectivity index (χ3v) is 5.28. The van der Waals surface area contributed by atoms with E-state index in [0.29, 0.717) is 11.6 Å². The number of likely N-dealkylation sites (N-methyl/N-ethyl adjacent to an activating group) is 1. The number of carbonyl (C=O) groups is 2. The molecule has 0 atom stereocenters. The fourth-order valence-corrected chi connectivity index (χ4v) is 3.60. The first-order chi connectivity index (χ1) is 15.0. The van der Waals surface area contributed by atoms with Gasteiger partial charge in [0.2, 0.25) is 11.8 Å². The van der Waals surface area contributed by atoms with Crippen LogP contribution in [0, 0.1) is 5.82 Å². The van der Waals surface area contributed by atoms with Gasteiger partial charge in [0.25, 0.3) is 11.1 Å². The van der Waals surface area contributed by atoms with Crippen molar-refractivity contribution in [3.8, 4) is 11.5 Å². The summed E-state index contributed by atoms with van der Waals surface area (Å²) in [5.74, 6) is -0.649. The van der Waals surface area contributed by atoms with Gasteiger partial charge in [-0.15, -0.1) is 10.2 Å². The van der Waals surface area contributed by atoms with E-state index in [9.17, 15) is 14.0 Å². The van der Waals surface area contributed by atoms with Gasteiger partial charge in [0, 0.05) is 29.8 Å². The van der Waals surface area contributed by atoms with Crippen LogP contribution in [0.3, 0.4) is 0 Å². The van der Waals surface area contributed by atoms with E-state index in [0.717, 1.165) is 28.2 Å². The molecule has 2 N–H and O–H groups in total. The zero-order chi connectivity index (χ0) is 21.8. The Bertz CT molecular complexity index is 1220. The van der Waals surface area contributed by atoms with Gasteiger partial charge in [-0.25, -0.2) is 4.39 Å². The van der Waals surface area contributed by atoms with E-state index in [-0.39, 0.29) is 29.3 Å². The van der Waals surface area contributed by atoms with Crippen LogP contribution in [0.2, 0.25) is 0 Å². The number of fused-ring (bicyclic) bond motifs is 1. The largest absolute Gasteiger partial charge is 0.411 e. The van der Waals surface area contributed by atoms with Crippen LogP contribution in [-0.4, -0.2) is 51.2 Å². The minimum absolute atomic E-state index is 0.0375. The minimum atomic E-state index is -0.392. The molecule has 0 aliphatic carbocycles. The summed E-state index contributed by atoms with van der Waals surface area (Å²) in [5.41, 5.74) is 2.20. The molecule has 31 heavy (non-hydrogen) atoms. The van der Waals surface area contributed by atoms with Gasteiger partial charge in [-0.1, -0.05) is 30.0 Å². The van der Waals surface area contributed by atoms with Gasteiger partial charge >= 0.3 is 0 Å². The number of carbonyl (C=O) groups excluding carboxylic acids is 2. The molecule has 8 nitrogen and oxygen atoms in total. The van der Waals surface area contributed by atoms with Gasteiger partial charge in [0.05, 0.1) is 17.9 Å². The van der Waals surface area contributed by atoms with E-state index < -0.39 is 5.82 Å². The first kappa shape index (κ1) is 20.6. The number of nitrogens with one attached hydrogen (secondary N) is 2. The molecule has 2 aromatic carbocycles. The molecule has 0 radical (unpaired) electrons. The second kappa shape index (κ2) is 9.00. The quantitative estimate of drug-likeness (QED) is 0.427. The van der Waals surface area contributed by atoms with Gasteiger partial charge in [0.15, 0.2) is 0 Å². The van der Waals surface area contributed by atoms with E-state index in [1.54, 1.807) is 6.20 Å². The van der Waals surface area contributed by atoms with Gasteiger partial charge in [-0.3, -0.25) is 9.59 Å². The van der Waals surface area contributed by atoms with Crippen molar-refractivity contribution in [3.05, 3.63) is 60.5 Å². The summed E-state index contributed by atoms with van der Waals surface area (Å²) in [5, 5.41) is 11.9. The van der Waals surface area contributed by atoms with Crippen molar-refractivity contribution in [2.75, 3.05) is 24.7 Å². The third-order valence-electron chi connectivity index (χ3n) is 4.48. The number of thioether (sulfide) groups is 1. The van der Waals surface area contributed by atoms with Crippen LogP contribution < -0.4 is 5.32 Å². The van der Waals surface area contributed by atoms with Crippen LogP contribution in [0.1, 0.15) is 0 Å². The summed E-state index contributed by atoms with van der Waals surface area (Å²) in [6.07, 6.45) is 1.80. The number of nitrogens with zero attached hydrogens (tertiary/aromatic N) is 3. The Morgan fingerprint density at radius 2 is 1.94 bits per heavy atom. The standard InChI is InChI=1S/C21H18FN5O3S/c1-27(11-18(28)24-14-8-6-13(22)7-9-14)19(29)12-31-21-26-25-20(30-21)16-10-23-17-5-3-2-4-15(16)17/h2-10,23H,11-12H2,1H3,(H,24,28). The van der Waals surface area contributed by atoms with E-state index >= 15 is 0 Å². The lowest BCUT2D eigenvalue weighted by Crippen LogP contribution is -2.35. The predicted octanol–water partition coefficient (Wildman–Crippen LogP) is 3.55. The lowest BCUT2D eigenvalue weighted by Gasteiger charge is -2.16. The van der Waals surface area contributed by atoms with Crippen molar-refractivity contribution < 1.29 is 18.4 Å². The van der Waals surface area contributed by atoms with Crippen molar-refractivity contribution in [2.24, 2.45) is 0 Å². The smallest absolute Gasteiger partial charge is 0.277 e. The van der Waals surface area contributed by atoms with Gasteiger partial charge in [-0.2, -0.15) is 0 Å². The Balaban J connectivity index is 1.30. The molecule has 0 bridgehead atoms. The topological polar surface area (TPSA) is 104 Å². The molecule has 0 unspecified atom stereocenters. The van der Waals surface area contributed by atoms with E-state index in [2.05, 4.69) is 20.5 Å². The van der Waals surface area contributed by atoms with Gasteiger partial charge < -0.3 is 19.6 Å². The number of amides is 2. The predicted molar refractivity (Wildman–Crippen MR) is 115 cm³/mol. The highest BCUT2D eigenvalue weighted by atomic mass is 32.2. The fraction of sp³-hybridized carbons (Fsp3) is 0.143. The first-order valence-corrected chi connectivity index (χ1v) is 10.3. The molecule has 0 aliphatic rings. The summed E-state index contributed by atoms with van der Waals surface area (Å²) in [7, 11) is 1.53. The molecular formula is C21H18FN5O3S. The molecule has 0 saturated heterocycles. The Kier molecular flexibility index (Phi) is 5.99. The number of H-pyrrole nitrogens is 1. The third kappa shape index (κ3) is 4.92. The van der Waals surface area contributed by atoms with Crippen LogP contribution in [0.5, 0.6) is 0 Å². The monoisotopic (exact) mass is 439 g/mol. The molecule has 2 aromatic heterocycles. The molecular weight excluding hydrogens is 421 g/mol. The maximum atomic E-state index is 12.9. The first-order valence-electron chi connectivity index (χ1n) is 9.32. The number of hydrogen-bond donors (Lipinski definition) is 2. The zero-order valence-corrected chi connectivity index (χ0v) is 17.3. The van der Waals surface area contributed by atoms with Crippen molar-refractivity contribution in [2.45, 2.75) is 5.22 Å². The SMILES string of the molecule is CN(CC(=O)Nc1ccc(F)cc1)C(=O)CSc1nnc(-c2c[nH]c3ccccc23)o1. The molecule has 4 rings (SSSR count). The number of aromatic nitrogens is 3. The number of halogens is 1. The van der Waals surface area contributed by atoms with Crippen molar-refractivity contribution >= 4 is 40.2 Å². The minimum Gasteiger partial charge on any atom is -0.411 e. The number of benzene rings is 2. The van der Waals surface area contributed by atoms with Gasteiger partial charge in [-0.05, 0) is 30.3 Å². The van der Waals surface area contributed by atoms with E-state index in [4.69, 9.17) is 4.42 Å². The Morgan fingerprint density at radius 3 is 2.74 bits per heavy atom. The average molecular weight is 439 g/mol. The van der Waals surface area contributed by atoms with Gasteiger partial charge in [0.1, 0.15) is 5.82 Å². The summed E-state index contributed by atoms with van der Waals surface area (Å²) >= 11 is 1.10. The highest BCUT2D eigenvalue weighted by Crippen LogP contribution is 2.29. The molecule has 158 valence electrons. The maximum Gasteiger partial charge on any atom is 0.277 e. The molecule has 4 aromatic rings. The van der Waals surface area contributed by atoms with Crippen LogP contribution in [0.4, 0.5) is 10.1 Å². The Morgan fingerprint density at radius 1 is 1.16 bits per heavy atom. The molecule has 0 fully saturated rings. The number of para-hydroxylation sites is 1. The Hall–Kier alpha value is -3.66. The van der Waals surface area contributed by atoms with Crippen LogP contribution in [0.15, 0.2) is 64.4 Å². The highest BCUT2D eigenvalue weighted by Gasteiger charge is 2.17. The van der Waals surface area contributed by atoms with Crippen molar-refractivity contribution in [1.82, 2.24) is 20.1 Å². The van der Waals surface area contributed by atoms with Crippen molar-refractivity contribution in [1.29, 1.82) is 0 Å². The second-order valence-electron chi connectivity index (χ2n) is 6.71. The summed E-state index contributed by atoms with van der Waals surface area (Å²) in [6.45, 7) is -0.138. The normalized spacial score (nSPS) is 10.9. The summed E-state index contributed by atoms with van der Waals surface area (Å²) in [4.78, 5) is 28.9. The zero-order valence-electron chi connectivity index (χ0n) is 16.5. The fourth-order valence-electron chi connectivity index (χ4n) is 2.90. The average Bonchev–Trinajstić information content (AvgIpc) is 3.40. The molecule has 2 heterocycles. The Labute approximate surface area is 180 Å². The molecule has 2 amide bonds. The van der Waals surface area contributed by atoms with Crippen LogP contribution >= 0.6 is 11.8 Å². The van der Waals surface area contributed by atoms with Crippen LogP contribution in [-0.2, 0) is 9.59 Å². The second-order valence-corrected chi connectivity index (χ2v) is 7.64. The molecule has 0 spiro atoms. The lowest BCUT2D eigenvalue weighted by molar-refractivity contribution is -0.131.